The van der Waals surface area contributed by atoms with Gasteiger partial charge in [0.25, 0.3) is 0 Å². The highest BCUT2D eigenvalue weighted by atomic mass is 16.1. The summed E-state index contributed by atoms with van der Waals surface area (Å²) in [7, 11) is 0. The molecule has 0 atom stereocenters. The van der Waals surface area contributed by atoms with Crippen LogP contribution in [0.2, 0.25) is 0 Å². The van der Waals surface area contributed by atoms with E-state index in [4.69, 9.17) is 0 Å². The maximum absolute atomic E-state index is 11.7. The summed E-state index contributed by atoms with van der Waals surface area (Å²) < 4.78 is 0. The second-order valence-corrected chi connectivity index (χ2v) is 6.56. The van der Waals surface area contributed by atoms with Gasteiger partial charge in [-0.3, -0.25) is 4.79 Å². The molecule has 138 valence electrons. The van der Waals surface area contributed by atoms with Crippen LogP contribution in [0.1, 0.15) is 76.7 Å². The van der Waals surface area contributed by atoms with Crippen molar-refractivity contribution < 1.29 is 4.79 Å². The standard InChI is InChI=1S/C23H35NO/c1-2-3-4-5-6-7-10-16-21-24-23(25)20-15-9-8-12-17-22-18-13-11-14-19-22/h11-15,17-20H,2-10,16,21H2,1H3,(H,24,25)/b17-12+,20-15+. The Bertz CT molecular complexity index is 490. The topological polar surface area (TPSA) is 29.1 Å². The molecule has 0 saturated heterocycles. The fourth-order valence-electron chi connectivity index (χ4n) is 2.70. The van der Waals surface area contributed by atoms with Gasteiger partial charge in [0.05, 0.1) is 0 Å². The molecular weight excluding hydrogens is 306 g/mol. The van der Waals surface area contributed by atoms with Gasteiger partial charge in [0.2, 0.25) is 5.91 Å². The van der Waals surface area contributed by atoms with Gasteiger partial charge >= 0.3 is 0 Å². The van der Waals surface area contributed by atoms with Crippen LogP contribution in [0.4, 0.5) is 0 Å². The minimum atomic E-state index is 0.0370. The first-order valence-electron chi connectivity index (χ1n) is 9.99. The summed E-state index contributed by atoms with van der Waals surface area (Å²) >= 11 is 0. The smallest absolute Gasteiger partial charge is 0.243 e. The van der Waals surface area contributed by atoms with Crippen LogP contribution in [0.15, 0.2) is 48.6 Å². The van der Waals surface area contributed by atoms with Crippen molar-refractivity contribution in [1.82, 2.24) is 5.32 Å². The predicted octanol–water partition coefficient (Wildman–Crippen LogP) is 6.29. The summed E-state index contributed by atoms with van der Waals surface area (Å²) in [6, 6.07) is 10.3. The van der Waals surface area contributed by atoms with Gasteiger partial charge in [-0.15, -0.1) is 0 Å². The first-order valence-corrected chi connectivity index (χ1v) is 9.99. The van der Waals surface area contributed by atoms with Crippen LogP contribution in [0, 0.1) is 0 Å². The fourth-order valence-corrected chi connectivity index (χ4v) is 2.70. The van der Waals surface area contributed by atoms with Crippen LogP contribution < -0.4 is 5.32 Å². The third-order valence-corrected chi connectivity index (χ3v) is 4.21. The molecule has 0 heterocycles. The first-order chi connectivity index (χ1) is 12.3. The normalized spacial score (nSPS) is 11.4. The monoisotopic (exact) mass is 341 g/mol. The highest BCUT2D eigenvalue weighted by molar-refractivity contribution is 5.87. The molecule has 1 amide bonds. The zero-order chi connectivity index (χ0) is 18.0. The molecule has 2 heteroatoms. The molecule has 0 saturated carbocycles. The van der Waals surface area contributed by atoms with E-state index < -0.39 is 0 Å². The molecule has 0 radical (unpaired) electrons. The van der Waals surface area contributed by atoms with Crippen molar-refractivity contribution in [2.24, 2.45) is 0 Å². The highest BCUT2D eigenvalue weighted by Gasteiger charge is 1.95. The van der Waals surface area contributed by atoms with E-state index in [2.05, 4.69) is 36.5 Å². The predicted molar refractivity (Wildman–Crippen MR) is 109 cm³/mol. The number of unbranched alkanes of at least 4 members (excludes halogenated alkanes) is 8. The van der Waals surface area contributed by atoms with E-state index >= 15 is 0 Å². The lowest BCUT2D eigenvalue weighted by Crippen LogP contribution is -2.21. The molecule has 0 fully saturated rings. The molecule has 0 aliphatic rings. The fraction of sp³-hybridized carbons (Fsp3) is 0.522. The maximum Gasteiger partial charge on any atom is 0.243 e. The SMILES string of the molecule is CCCCCCCCCCNC(=O)/C=C/CC/C=C/c1ccccc1. The van der Waals surface area contributed by atoms with Crippen molar-refractivity contribution in [3.63, 3.8) is 0 Å². The van der Waals surface area contributed by atoms with E-state index in [1.807, 2.05) is 24.3 Å². The van der Waals surface area contributed by atoms with Crippen LogP contribution in [0.3, 0.4) is 0 Å². The molecule has 0 bridgehead atoms. The van der Waals surface area contributed by atoms with E-state index in [0.717, 1.165) is 25.8 Å². The van der Waals surface area contributed by atoms with Crippen LogP contribution in [-0.2, 0) is 4.79 Å². The largest absolute Gasteiger partial charge is 0.353 e. The van der Waals surface area contributed by atoms with Gasteiger partial charge in [-0.1, -0.05) is 100 Å². The molecule has 1 aromatic carbocycles. The minimum absolute atomic E-state index is 0.0370. The summed E-state index contributed by atoms with van der Waals surface area (Å²) in [5, 5.41) is 2.97. The lowest BCUT2D eigenvalue weighted by molar-refractivity contribution is -0.116. The van der Waals surface area contributed by atoms with Crippen LogP contribution in [0.5, 0.6) is 0 Å². The third kappa shape index (κ3) is 13.2. The molecule has 1 aromatic rings. The average molecular weight is 342 g/mol. The van der Waals surface area contributed by atoms with E-state index in [1.54, 1.807) is 6.08 Å². The summed E-state index contributed by atoms with van der Waals surface area (Å²) in [6.45, 7) is 3.05. The molecule has 2 nitrogen and oxygen atoms in total. The number of nitrogens with one attached hydrogen (secondary N) is 1. The Kier molecular flexibility index (Phi) is 13.3. The number of amides is 1. The number of hydrogen-bond donors (Lipinski definition) is 1. The van der Waals surface area contributed by atoms with E-state index in [9.17, 15) is 4.79 Å². The number of carbonyl (C=O) groups excluding carboxylic acids is 1. The molecule has 0 aliphatic heterocycles. The Morgan fingerprint density at radius 2 is 1.52 bits per heavy atom. The van der Waals surface area contributed by atoms with Gasteiger partial charge in [-0.05, 0) is 30.9 Å². The maximum atomic E-state index is 11.7. The van der Waals surface area contributed by atoms with Gasteiger partial charge < -0.3 is 5.32 Å². The zero-order valence-corrected chi connectivity index (χ0v) is 15.9. The van der Waals surface area contributed by atoms with Crippen LogP contribution in [0.25, 0.3) is 6.08 Å². The minimum Gasteiger partial charge on any atom is -0.353 e. The Labute approximate surface area is 154 Å². The first kappa shape index (κ1) is 21.2. The Morgan fingerprint density at radius 3 is 2.24 bits per heavy atom. The Morgan fingerprint density at radius 1 is 0.880 bits per heavy atom. The summed E-state index contributed by atoms with van der Waals surface area (Å²) in [5.74, 6) is 0.0370. The van der Waals surface area contributed by atoms with Crippen LogP contribution in [-0.4, -0.2) is 12.5 Å². The van der Waals surface area contributed by atoms with Crippen molar-refractivity contribution in [1.29, 1.82) is 0 Å². The molecule has 0 spiro atoms. The zero-order valence-electron chi connectivity index (χ0n) is 15.9. The second kappa shape index (κ2) is 15.7. The lowest BCUT2D eigenvalue weighted by Gasteiger charge is -2.03. The van der Waals surface area contributed by atoms with Crippen molar-refractivity contribution in [2.45, 2.75) is 71.1 Å². The third-order valence-electron chi connectivity index (χ3n) is 4.21. The van der Waals surface area contributed by atoms with Crippen molar-refractivity contribution >= 4 is 12.0 Å². The lowest BCUT2D eigenvalue weighted by atomic mass is 10.1. The van der Waals surface area contributed by atoms with Gasteiger partial charge in [0, 0.05) is 6.54 Å². The van der Waals surface area contributed by atoms with Gasteiger partial charge in [-0.25, -0.2) is 0 Å². The number of allylic oxidation sites excluding steroid dienone is 2. The quantitative estimate of drug-likeness (QED) is 0.312. The van der Waals surface area contributed by atoms with E-state index in [1.165, 1.54) is 50.5 Å². The van der Waals surface area contributed by atoms with E-state index in [0.29, 0.717) is 0 Å². The number of hydrogen-bond acceptors (Lipinski definition) is 1. The molecule has 1 rings (SSSR count). The molecule has 0 aliphatic carbocycles. The average Bonchev–Trinajstić information content (AvgIpc) is 2.64. The Hall–Kier alpha value is -1.83. The van der Waals surface area contributed by atoms with Gasteiger partial charge in [-0.2, -0.15) is 0 Å². The van der Waals surface area contributed by atoms with Crippen molar-refractivity contribution in [3.05, 3.63) is 54.1 Å². The summed E-state index contributed by atoms with van der Waals surface area (Å²) in [4.78, 5) is 11.7. The van der Waals surface area contributed by atoms with E-state index in [-0.39, 0.29) is 5.91 Å². The van der Waals surface area contributed by atoms with Crippen molar-refractivity contribution in [3.8, 4) is 0 Å². The molecule has 25 heavy (non-hydrogen) atoms. The summed E-state index contributed by atoms with van der Waals surface area (Å²) in [5.41, 5.74) is 1.22. The summed E-state index contributed by atoms with van der Waals surface area (Å²) in [6.07, 6.45) is 20.1. The molecule has 0 aromatic heterocycles. The highest BCUT2D eigenvalue weighted by Crippen LogP contribution is 2.08. The molecule has 1 N–H and O–H groups in total. The van der Waals surface area contributed by atoms with Gasteiger partial charge in [0.1, 0.15) is 0 Å². The Balaban J connectivity index is 1.94. The number of benzene rings is 1. The van der Waals surface area contributed by atoms with Gasteiger partial charge in [0.15, 0.2) is 0 Å². The molecular formula is C23H35NO. The number of rotatable bonds is 14. The van der Waals surface area contributed by atoms with Crippen LogP contribution >= 0.6 is 0 Å². The second-order valence-electron chi connectivity index (χ2n) is 6.56. The molecule has 0 unspecified atom stereocenters. The van der Waals surface area contributed by atoms with Crippen molar-refractivity contribution in [2.75, 3.05) is 6.54 Å². The number of carbonyl (C=O) groups is 1.